The zero-order chi connectivity index (χ0) is 21.3. The van der Waals surface area contributed by atoms with Crippen molar-refractivity contribution in [2.45, 2.75) is 0 Å². The number of aromatic nitrogens is 2. The molecular weight excluding hydrogens is 389 g/mol. The van der Waals surface area contributed by atoms with Crippen LogP contribution < -0.4 is 10.6 Å². The molecule has 0 saturated carbocycles. The zero-order valence-corrected chi connectivity index (χ0v) is 16.2. The maximum absolute atomic E-state index is 14.1. The van der Waals surface area contributed by atoms with Gasteiger partial charge >= 0.3 is 0 Å². The van der Waals surface area contributed by atoms with Gasteiger partial charge in [-0.3, -0.25) is 4.79 Å². The predicted molar refractivity (Wildman–Crippen MR) is 111 cm³/mol. The van der Waals surface area contributed by atoms with Gasteiger partial charge in [0, 0.05) is 36.9 Å². The van der Waals surface area contributed by atoms with Gasteiger partial charge in [-0.2, -0.15) is 4.98 Å². The van der Waals surface area contributed by atoms with E-state index in [2.05, 4.69) is 20.6 Å². The van der Waals surface area contributed by atoms with E-state index in [9.17, 15) is 14.3 Å². The highest BCUT2D eigenvalue weighted by Crippen LogP contribution is 2.26. The fourth-order valence-electron chi connectivity index (χ4n) is 2.81. The maximum Gasteiger partial charge on any atom is 0.289 e. The molecule has 3 N–H and O–H groups in total. The summed E-state index contributed by atoms with van der Waals surface area (Å²) in [6, 6.07) is 13.2. The Morgan fingerprint density at radius 3 is 2.67 bits per heavy atom. The SMILES string of the molecule is CN(C)C(=O)c1cc2cc(Nc3ncc(F)c(Nc4cccc(O)c4)n3)ccc2o1. The van der Waals surface area contributed by atoms with Crippen LogP contribution in [0.3, 0.4) is 0 Å². The molecule has 0 aliphatic carbocycles. The molecule has 0 fully saturated rings. The molecule has 0 unspecified atom stereocenters. The monoisotopic (exact) mass is 407 g/mol. The van der Waals surface area contributed by atoms with Gasteiger partial charge in [0.05, 0.1) is 6.20 Å². The molecule has 152 valence electrons. The lowest BCUT2D eigenvalue weighted by atomic mass is 10.2. The van der Waals surface area contributed by atoms with Crippen molar-refractivity contribution in [1.82, 2.24) is 14.9 Å². The van der Waals surface area contributed by atoms with Gasteiger partial charge in [-0.1, -0.05) is 6.07 Å². The fourth-order valence-corrected chi connectivity index (χ4v) is 2.81. The molecule has 2 aromatic carbocycles. The lowest BCUT2D eigenvalue weighted by Gasteiger charge is -2.09. The van der Waals surface area contributed by atoms with E-state index in [0.717, 1.165) is 11.6 Å². The average Bonchev–Trinajstić information content (AvgIpc) is 3.13. The molecule has 1 amide bonds. The van der Waals surface area contributed by atoms with E-state index in [-0.39, 0.29) is 29.2 Å². The number of furan rings is 1. The summed E-state index contributed by atoms with van der Waals surface area (Å²) < 4.78 is 19.7. The van der Waals surface area contributed by atoms with Crippen LogP contribution in [0.1, 0.15) is 10.6 Å². The molecule has 0 saturated heterocycles. The van der Waals surface area contributed by atoms with E-state index in [1.165, 1.54) is 17.0 Å². The number of halogens is 1. The molecule has 8 nitrogen and oxygen atoms in total. The van der Waals surface area contributed by atoms with Gasteiger partial charge in [0.15, 0.2) is 17.4 Å². The van der Waals surface area contributed by atoms with Gasteiger partial charge in [-0.25, -0.2) is 9.37 Å². The lowest BCUT2D eigenvalue weighted by Crippen LogP contribution is -2.20. The highest BCUT2D eigenvalue weighted by atomic mass is 19.1. The number of phenols is 1. The van der Waals surface area contributed by atoms with Gasteiger partial charge in [0.2, 0.25) is 5.95 Å². The van der Waals surface area contributed by atoms with Crippen LogP contribution in [0, 0.1) is 5.82 Å². The van der Waals surface area contributed by atoms with Gasteiger partial charge in [-0.15, -0.1) is 0 Å². The number of anilines is 4. The summed E-state index contributed by atoms with van der Waals surface area (Å²) in [5.74, 6) is -0.449. The number of amides is 1. The number of hydrogen-bond acceptors (Lipinski definition) is 7. The van der Waals surface area contributed by atoms with E-state index in [0.29, 0.717) is 17.0 Å². The Morgan fingerprint density at radius 1 is 1.10 bits per heavy atom. The quantitative estimate of drug-likeness (QED) is 0.454. The second kappa shape index (κ2) is 7.70. The highest BCUT2D eigenvalue weighted by molar-refractivity contribution is 5.96. The minimum Gasteiger partial charge on any atom is -0.508 e. The third kappa shape index (κ3) is 4.00. The van der Waals surface area contributed by atoms with Crippen molar-refractivity contribution in [1.29, 1.82) is 0 Å². The number of carbonyl (C=O) groups excluding carboxylic acids is 1. The van der Waals surface area contributed by atoms with Crippen LogP contribution in [0.5, 0.6) is 5.75 Å². The predicted octanol–water partition coefficient (Wildman–Crippen LogP) is 4.26. The number of phenolic OH excluding ortho intramolecular Hbond substituents is 1. The van der Waals surface area contributed by atoms with E-state index in [1.807, 2.05) is 0 Å². The van der Waals surface area contributed by atoms with Gasteiger partial charge in [-0.05, 0) is 36.4 Å². The van der Waals surface area contributed by atoms with Crippen molar-refractivity contribution >= 4 is 40.0 Å². The minimum atomic E-state index is -0.638. The first-order valence-corrected chi connectivity index (χ1v) is 9.00. The second-order valence-electron chi connectivity index (χ2n) is 6.75. The summed E-state index contributed by atoms with van der Waals surface area (Å²) in [7, 11) is 3.30. The Morgan fingerprint density at radius 2 is 1.90 bits per heavy atom. The molecule has 0 spiro atoms. The topological polar surface area (TPSA) is 104 Å². The summed E-state index contributed by atoms with van der Waals surface area (Å²) in [4.78, 5) is 21.6. The van der Waals surface area contributed by atoms with Crippen molar-refractivity contribution < 1.29 is 18.7 Å². The number of carbonyl (C=O) groups is 1. The van der Waals surface area contributed by atoms with Crippen molar-refractivity contribution in [2.24, 2.45) is 0 Å². The van der Waals surface area contributed by atoms with E-state index in [4.69, 9.17) is 4.42 Å². The van der Waals surface area contributed by atoms with E-state index >= 15 is 0 Å². The largest absolute Gasteiger partial charge is 0.508 e. The van der Waals surface area contributed by atoms with Crippen molar-refractivity contribution in [2.75, 3.05) is 24.7 Å². The summed E-state index contributed by atoms with van der Waals surface area (Å²) in [5, 5.41) is 16.1. The highest BCUT2D eigenvalue weighted by Gasteiger charge is 2.15. The fraction of sp³-hybridized carbons (Fsp3) is 0.0952. The van der Waals surface area contributed by atoms with Gasteiger partial charge < -0.3 is 25.1 Å². The number of fused-ring (bicyclic) bond motifs is 1. The van der Waals surface area contributed by atoms with E-state index < -0.39 is 5.82 Å². The van der Waals surface area contributed by atoms with Gasteiger partial charge in [0.25, 0.3) is 5.91 Å². The molecule has 4 aromatic rings. The number of nitrogens with one attached hydrogen (secondary N) is 2. The smallest absolute Gasteiger partial charge is 0.289 e. The molecule has 4 rings (SSSR count). The van der Waals surface area contributed by atoms with Crippen LogP contribution in [0.4, 0.5) is 27.5 Å². The number of nitrogens with zero attached hydrogens (tertiary/aromatic N) is 3. The maximum atomic E-state index is 14.1. The number of benzene rings is 2. The average molecular weight is 407 g/mol. The van der Waals surface area contributed by atoms with E-state index in [1.54, 1.807) is 50.5 Å². The Kier molecular flexibility index (Phi) is 4.93. The number of rotatable bonds is 5. The summed E-state index contributed by atoms with van der Waals surface area (Å²) >= 11 is 0. The lowest BCUT2D eigenvalue weighted by molar-refractivity contribution is 0.0799. The van der Waals surface area contributed by atoms with Crippen LogP contribution in [-0.2, 0) is 0 Å². The normalized spacial score (nSPS) is 10.8. The molecule has 2 heterocycles. The summed E-state index contributed by atoms with van der Waals surface area (Å²) in [5.41, 5.74) is 1.69. The van der Waals surface area contributed by atoms with Crippen LogP contribution in [0.15, 0.2) is 59.1 Å². The zero-order valence-electron chi connectivity index (χ0n) is 16.2. The van der Waals surface area contributed by atoms with Gasteiger partial charge in [0.1, 0.15) is 11.3 Å². The Bertz CT molecular complexity index is 1240. The molecule has 0 atom stereocenters. The first-order valence-electron chi connectivity index (χ1n) is 9.00. The standard InChI is InChI=1S/C21H18FN5O3/c1-27(2)20(29)18-9-12-8-14(6-7-17(12)30-18)25-21-23-11-16(22)19(26-21)24-13-4-3-5-15(28)10-13/h3-11,28H,1-2H3,(H2,23,24,25,26). The number of hydrogen-bond donors (Lipinski definition) is 3. The first-order chi connectivity index (χ1) is 14.4. The molecule has 2 aromatic heterocycles. The van der Waals surface area contributed by atoms with Crippen LogP contribution >= 0.6 is 0 Å². The number of aromatic hydroxyl groups is 1. The Balaban J connectivity index is 1.58. The third-order valence-corrected chi connectivity index (χ3v) is 4.24. The van der Waals surface area contributed by atoms with Crippen molar-refractivity contribution in [3.8, 4) is 5.75 Å². The van der Waals surface area contributed by atoms with Crippen LogP contribution in [0.2, 0.25) is 0 Å². The van der Waals surface area contributed by atoms with Crippen LogP contribution in [0.25, 0.3) is 11.0 Å². The Labute approximate surface area is 171 Å². The molecule has 0 aliphatic heterocycles. The molecule has 0 aliphatic rings. The van der Waals surface area contributed by atoms with Crippen molar-refractivity contribution in [3.05, 3.63) is 66.3 Å². The first kappa shape index (κ1) is 19.2. The second-order valence-corrected chi connectivity index (χ2v) is 6.75. The summed E-state index contributed by atoms with van der Waals surface area (Å²) in [6.45, 7) is 0. The molecule has 30 heavy (non-hydrogen) atoms. The minimum absolute atomic E-state index is 0.0404. The third-order valence-electron chi connectivity index (χ3n) is 4.24. The molecule has 9 heteroatoms. The van der Waals surface area contributed by atoms with Crippen LogP contribution in [-0.4, -0.2) is 40.0 Å². The molecule has 0 bridgehead atoms. The van der Waals surface area contributed by atoms with Crippen molar-refractivity contribution in [3.63, 3.8) is 0 Å². The molecule has 0 radical (unpaired) electrons. The Hall–Kier alpha value is -4.14. The molecular formula is C21H18FN5O3. The summed E-state index contributed by atoms with van der Waals surface area (Å²) in [6.07, 6.45) is 1.05.